The van der Waals surface area contributed by atoms with Crippen LogP contribution in [0.1, 0.15) is 25.5 Å². The highest BCUT2D eigenvalue weighted by atomic mass is 16.5. The molecule has 0 saturated heterocycles. The average molecular weight is 319 g/mol. The van der Waals surface area contributed by atoms with Gasteiger partial charge in [-0.3, -0.25) is 4.79 Å². The van der Waals surface area contributed by atoms with E-state index in [1.54, 1.807) is 6.92 Å². The molecule has 3 aromatic rings. The summed E-state index contributed by atoms with van der Waals surface area (Å²) in [6.45, 7) is 3.73. The number of fused-ring (bicyclic) bond motifs is 1. The largest absolute Gasteiger partial charge is 0.481 e. The van der Waals surface area contributed by atoms with E-state index in [1.807, 2.05) is 73.7 Å². The molecular weight excluding hydrogens is 298 g/mol. The SMILES string of the molecule is CC(Oc1ccc2ccccc2c1)C(=O)NC(C)c1ccccc1. The van der Waals surface area contributed by atoms with E-state index >= 15 is 0 Å². The first-order valence-corrected chi connectivity index (χ1v) is 8.14. The Labute approximate surface area is 142 Å². The molecule has 3 nitrogen and oxygen atoms in total. The molecule has 3 aromatic carbocycles. The van der Waals surface area contributed by atoms with Crippen LogP contribution in [0, 0.1) is 0 Å². The molecular formula is C21H21NO2. The van der Waals surface area contributed by atoms with Gasteiger partial charge >= 0.3 is 0 Å². The van der Waals surface area contributed by atoms with Gasteiger partial charge in [-0.25, -0.2) is 0 Å². The van der Waals surface area contributed by atoms with Crippen molar-refractivity contribution in [1.29, 1.82) is 0 Å². The predicted octanol–water partition coefficient (Wildman–Crippen LogP) is 4.48. The Morgan fingerprint density at radius 2 is 1.54 bits per heavy atom. The van der Waals surface area contributed by atoms with E-state index in [4.69, 9.17) is 4.74 Å². The smallest absolute Gasteiger partial charge is 0.261 e. The quantitative estimate of drug-likeness (QED) is 0.753. The maximum atomic E-state index is 12.4. The summed E-state index contributed by atoms with van der Waals surface area (Å²) in [7, 11) is 0. The molecule has 2 atom stereocenters. The second-order valence-electron chi connectivity index (χ2n) is 5.91. The Bertz CT molecular complexity index is 829. The molecule has 0 spiro atoms. The first-order chi connectivity index (χ1) is 11.6. The zero-order valence-corrected chi connectivity index (χ0v) is 13.9. The van der Waals surface area contributed by atoms with Gasteiger partial charge in [-0.1, -0.05) is 60.7 Å². The Balaban J connectivity index is 1.64. The zero-order chi connectivity index (χ0) is 16.9. The molecule has 0 aliphatic heterocycles. The number of amides is 1. The van der Waals surface area contributed by atoms with Gasteiger partial charge in [0.1, 0.15) is 5.75 Å². The molecule has 0 bridgehead atoms. The Kier molecular flexibility index (Phi) is 4.80. The minimum absolute atomic E-state index is 0.0543. The lowest BCUT2D eigenvalue weighted by atomic mass is 10.1. The number of benzene rings is 3. The fourth-order valence-electron chi connectivity index (χ4n) is 2.65. The predicted molar refractivity (Wildman–Crippen MR) is 97.0 cm³/mol. The van der Waals surface area contributed by atoms with Gasteiger partial charge in [0.15, 0.2) is 6.10 Å². The van der Waals surface area contributed by atoms with Crippen LogP contribution in [0.3, 0.4) is 0 Å². The first-order valence-electron chi connectivity index (χ1n) is 8.14. The highest BCUT2D eigenvalue weighted by Gasteiger charge is 2.17. The van der Waals surface area contributed by atoms with E-state index in [2.05, 4.69) is 11.4 Å². The van der Waals surface area contributed by atoms with Crippen molar-refractivity contribution in [3.8, 4) is 5.75 Å². The van der Waals surface area contributed by atoms with Gasteiger partial charge in [0.25, 0.3) is 5.91 Å². The number of hydrogen-bond acceptors (Lipinski definition) is 2. The topological polar surface area (TPSA) is 38.3 Å². The van der Waals surface area contributed by atoms with Gasteiger partial charge in [0.2, 0.25) is 0 Å². The molecule has 1 amide bonds. The van der Waals surface area contributed by atoms with Crippen LogP contribution in [-0.2, 0) is 4.79 Å². The standard InChI is InChI=1S/C21H21NO2/c1-15(17-8-4-3-5-9-17)22-21(23)16(2)24-20-13-12-18-10-6-7-11-19(18)14-20/h3-16H,1-2H3,(H,22,23). The normalized spacial score (nSPS) is 13.2. The Morgan fingerprint density at radius 3 is 2.29 bits per heavy atom. The molecule has 24 heavy (non-hydrogen) atoms. The van der Waals surface area contributed by atoms with Crippen LogP contribution in [0.5, 0.6) is 5.75 Å². The van der Waals surface area contributed by atoms with E-state index in [0.29, 0.717) is 5.75 Å². The van der Waals surface area contributed by atoms with Crippen molar-refractivity contribution in [2.45, 2.75) is 26.0 Å². The highest BCUT2D eigenvalue weighted by Crippen LogP contribution is 2.21. The van der Waals surface area contributed by atoms with Crippen molar-refractivity contribution in [2.75, 3.05) is 0 Å². The summed E-state index contributed by atoms with van der Waals surface area (Å²) in [5.41, 5.74) is 1.07. The summed E-state index contributed by atoms with van der Waals surface area (Å²) in [5.74, 6) is 0.572. The third kappa shape index (κ3) is 3.74. The second-order valence-corrected chi connectivity index (χ2v) is 5.91. The van der Waals surface area contributed by atoms with Gasteiger partial charge < -0.3 is 10.1 Å². The van der Waals surface area contributed by atoms with Crippen molar-refractivity contribution >= 4 is 16.7 Å². The summed E-state index contributed by atoms with van der Waals surface area (Å²) < 4.78 is 5.81. The van der Waals surface area contributed by atoms with Crippen molar-refractivity contribution in [3.05, 3.63) is 78.4 Å². The van der Waals surface area contributed by atoms with Crippen LogP contribution in [0.15, 0.2) is 72.8 Å². The van der Waals surface area contributed by atoms with Gasteiger partial charge in [0.05, 0.1) is 6.04 Å². The number of carbonyl (C=O) groups excluding carboxylic acids is 1. The second kappa shape index (κ2) is 7.18. The monoisotopic (exact) mass is 319 g/mol. The molecule has 0 fully saturated rings. The summed E-state index contributed by atoms with van der Waals surface area (Å²) >= 11 is 0. The van der Waals surface area contributed by atoms with E-state index < -0.39 is 6.10 Å². The minimum atomic E-state index is -0.558. The summed E-state index contributed by atoms with van der Waals surface area (Å²) in [6, 6.07) is 23.8. The molecule has 122 valence electrons. The molecule has 0 aliphatic carbocycles. The highest BCUT2D eigenvalue weighted by molar-refractivity contribution is 5.84. The molecule has 0 heterocycles. The molecule has 3 heteroatoms. The minimum Gasteiger partial charge on any atom is -0.481 e. The van der Waals surface area contributed by atoms with Gasteiger partial charge in [-0.2, -0.15) is 0 Å². The fraction of sp³-hybridized carbons (Fsp3) is 0.190. The van der Waals surface area contributed by atoms with Crippen LogP contribution in [-0.4, -0.2) is 12.0 Å². The lowest BCUT2D eigenvalue weighted by Crippen LogP contribution is -2.37. The maximum Gasteiger partial charge on any atom is 0.261 e. The fourth-order valence-corrected chi connectivity index (χ4v) is 2.65. The van der Waals surface area contributed by atoms with Gasteiger partial charge in [0, 0.05) is 0 Å². The Morgan fingerprint density at radius 1 is 0.875 bits per heavy atom. The van der Waals surface area contributed by atoms with Crippen LogP contribution in [0.4, 0.5) is 0 Å². The van der Waals surface area contributed by atoms with E-state index in [0.717, 1.165) is 16.3 Å². The van der Waals surface area contributed by atoms with Crippen molar-refractivity contribution in [2.24, 2.45) is 0 Å². The summed E-state index contributed by atoms with van der Waals surface area (Å²) in [5, 5.41) is 5.24. The third-order valence-corrected chi connectivity index (χ3v) is 4.06. The number of rotatable bonds is 5. The molecule has 3 rings (SSSR count). The molecule has 0 saturated carbocycles. The number of nitrogens with one attached hydrogen (secondary N) is 1. The summed E-state index contributed by atoms with van der Waals surface area (Å²) in [6.07, 6.45) is -0.558. The Hall–Kier alpha value is -2.81. The van der Waals surface area contributed by atoms with E-state index in [9.17, 15) is 4.79 Å². The number of ether oxygens (including phenoxy) is 1. The van der Waals surface area contributed by atoms with Gasteiger partial charge in [-0.05, 0) is 42.3 Å². The molecule has 0 radical (unpaired) electrons. The van der Waals surface area contributed by atoms with Crippen molar-refractivity contribution < 1.29 is 9.53 Å². The lowest BCUT2D eigenvalue weighted by molar-refractivity contribution is -0.127. The van der Waals surface area contributed by atoms with Crippen LogP contribution in [0.25, 0.3) is 10.8 Å². The first kappa shape index (κ1) is 16.1. The van der Waals surface area contributed by atoms with E-state index in [-0.39, 0.29) is 11.9 Å². The average Bonchev–Trinajstić information content (AvgIpc) is 2.62. The van der Waals surface area contributed by atoms with E-state index in [1.165, 1.54) is 0 Å². The lowest BCUT2D eigenvalue weighted by Gasteiger charge is -2.19. The third-order valence-electron chi connectivity index (χ3n) is 4.06. The van der Waals surface area contributed by atoms with Crippen LogP contribution < -0.4 is 10.1 Å². The zero-order valence-electron chi connectivity index (χ0n) is 13.9. The maximum absolute atomic E-state index is 12.4. The molecule has 0 aliphatic rings. The van der Waals surface area contributed by atoms with Crippen LogP contribution >= 0.6 is 0 Å². The molecule has 1 N–H and O–H groups in total. The number of carbonyl (C=O) groups is 1. The van der Waals surface area contributed by atoms with Gasteiger partial charge in [-0.15, -0.1) is 0 Å². The van der Waals surface area contributed by atoms with Crippen molar-refractivity contribution in [3.63, 3.8) is 0 Å². The number of hydrogen-bond donors (Lipinski definition) is 1. The molecule has 0 aromatic heterocycles. The van der Waals surface area contributed by atoms with Crippen molar-refractivity contribution in [1.82, 2.24) is 5.32 Å². The molecule has 2 unspecified atom stereocenters. The van der Waals surface area contributed by atoms with Crippen LogP contribution in [0.2, 0.25) is 0 Å². The summed E-state index contributed by atoms with van der Waals surface area (Å²) in [4.78, 5) is 12.4.